The van der Waals surface area contributed by atoms with Crippen LogP contribution in [-0.2, 0) is 6.54 Å². The number of carbonyl (C=O) groups excluding carboxylic acids is 1. The molecule has 2 aromatic rings. The van der Waals surface area contributed by atoms with E-state index in [-0.39, 0.29) is 22.5 Å². The number of hydrogen-bond acceptors (Lipinski definition) is 2. The summed E-state index contributed by atoms with van der Waals surface area (Å²) in [5.74, 6) is -0.417. The first kappa shape index (κ1) is 16.9. The topological polar surface area (TPSA) is 51.1 Å². The third-order valence-corrected chi connectivity index (χ3v) is 3.64. The monoisotopic (exact) mass is 316 g/mol. The molecule has 122 valence electrons. The summed E-state index contributed by atoms with van der Waals surface area (Å²) in [5, 5.41) is 3.53. The molecule has 0 aliphatic rings. The first-order valence-electron chi connectivity index (χ1n) is 7.66. The molecule has 0 aliphatic carbocycles. The van der Waals surface area contributed by atoms with E-state index < -0.39 is 5.82 Å². The number of rotatable bonds is 6. The molecule has 23 heavy (non-hydrogen) atoms. The Balaban J connectivity index is 2.59. The number of benzene rings is 1. The lowest BCUT2D eigenvalue weighted by molar-refractivity contribution is 0.0947. The molecule has 0 aliphatic heterocycles. The number of nitrogens with zero attached hydrogens (tertiary/aromatic N) is 1. The summed E-state index contributed by atoms with van der Waals surface area (Å²) in [6, 6.07) is 5.65. The number of hydrogen-bond donors (Lipinski definition) is 1. The van der Waals surface area contributed by atoms with Gasteiger partial charge in [0.2, 0.25) is 0 Å². The Morgan fingerprint density at radius 1 is 1.39 bits per heavy atom. The normalized spacial score (nSPS) is 11.0. The zero-order valence-corrected chi connectivity index (χ0v) is 13.4. The standard InChI is InChI=1S/C18H21FN2O2/c1-4-8-20-17(22)16-10-13-5-6-14(19)11-15(13)18(23)21(16)9-7-12(2)3/h4-6,10-12H,1,7-9H2,2-3H3,(H,20,22). The van der Waals surface area contributed by atoms with Gasteiger partial charge in [0.15, 0.2) is 0 Å². The summed E-state index contributed by atoms with van der Waals surface area (Å²) in [7, 11) is 0. The second-order valence-corrected chi connectivity index (χ2v) is 5.90. The minimum Gasteiger partial charge on any atom is -0.347 e. The molecular weight excluding hydrogens is 295 g/mol. The van der Waals surface area contributed by atoms with E-state index in [9.17, 15) is 14.0 Å². The summed E-state index contributed by atoms with van der Waals surface area (Å²) in [5.41, 5.74) is -0.0528. The van der Waals surface area contributed by atoms with Crippen molar-refractivity contribution in [1.82, 2.24) is 9.88 Å². The minimum absolute atomic E-state index is 0.286. The maximum absolute atomic E-state index is 13.4. The van der Waals surface area contributed by atoms with Gasteiger partial charge in [-0.15, -0.1) is 6.58 Å². The van der Waals surface area contributed by atoms with E-state index in [4.69, 9.17) is 0 Å². The van der Waals surface area contributed by atoms with Crippen molar-refractivity contribution in [3.63, 3.8) is 0 Å². The average molecular weight is 316 g/mol. The quantitative estimate of drug-likeness (QED) is 0.833. The van der Waals surface area contributed by atoms with Gasteiger partial charge in [-0.25, -0.2) is 4.39 Å². The minimum atomic E-state index is -0.464. The van der Waals surface area contributed by atoms with Crippen molar-refractivity contribution in [1.29, 1.82) is 0 Å². The highest BCUT2D eigenvalue weighted by Gasteiger charge is 2.15. The summed E-state index contributed by atoms with van der Waals surface area (Å²) < 4.78 is 14.9. The van der Waals surface area contributed by atoms with Gasteiger partial charge in [-0.05, 0) is 35.9 Å². The van der Waals surface area contributed by atoms with Gasteiger partial charge in [-0.3, -0.25) is 9.59 Å². The largest absolute Gasteiger partial charge is 0.347 e. The molecule has 1 N–H and O–H groups in total. The van der Waals surface area contributed by atoms with Crippen molar-refractivity contribution in [2.24, 2.45) is 5.92 Å². The van der Waals surface area contributed by atoms with Crippen LogP contribution >= 0.6 is 0 Å². The van der Waals surface area contributed by atoms with Gasteiger partial charge >= 0.3 is 0 Å². The van der Waals surface area contributed by atoms with E-state index in [1.54, 1.807) is 12.1 Å². The van der Waals surface area contributed by atoms with Gasteiger partial charge in [0.25, 0.3) is 11.5 Å². The zero-order valence-electron chi connectivity index (χ0n) is 13.4. The maximum atomic E-state index is 13.4. The van der Waals surface area contributed by atoms with Crippen molar-refractivity contribution in [3.05, 3.63) is 58.8 Å². The van der Waals surface area contributed by atoms with Crippen LogP contribution in [0.25, 0.3) is 10.8 Å². The molecule has 0 bridgehead atoms. The second-order valence-electron chi connectivity index (χ2n) is 5.90. The number of halogens is 1. The van der Waals surface area contributed by atoms with Crippen LogP contribution in [0.5, 0.6) is 0 Å². The summed E-state index contributed by atoms with van der Waals surface area (Å²) in [6.07, 6.45) is 2.33. The zero-order chi connectivity index (χ0) is 17.0. The summed E-state index contributed by atoms with van der Waals surface area (Å²) in [4.78, 5) is 25.0. The number of carbonyl (C=O) groups is 1. The van der Waals surface area contributed by atoms with Crippen LogP contribution in [0.1, 0.15) is 30.8 Å². The van der Waals surface area contributed by atoms with Crippen molar-refractivity contribution in [3.8, 4) is 0 Å². The van der Waals surface area contributed by atoms with Crippen LogP contribution in [0.2, 0.25) is 0 Å². The van der Waals surface area contributed by atoms with Crippen LogP contribution < -0.4 is 10.9 Å². The Morgan fingerprint density at radius 3 is 2.78 bits per heavy atom. The van der Waals surface area contributed by atoms with Gasteiger partial charge in [-0.2, -0.15) is 0 Å². The van der Waals surface area contributed by atoms with E-state index in [0.29, 0.717) is 24.4 Å². The molecule has 1 heterocycles. The number of fused-ring (bicyclic) bond motifs is 1. The van der Waals surface area contributed by atoms with Gasteiger partial charge in [0, 0.05) is 13.1 Å². The van der Waals surface area contributed by atoms with Gasteiger partial charge in [0.05, 0.1) is 5.39 Å². The summed E-state index contributed by atoms with van der Waals surface area (Å²) >= 11 is 0. The molecule has 0 radical (unpaired) electrons. The lowest BCUT2D eigenvalue weighted by Gasteiger charge is -2.15. The van der Waals surface area contributed by atoms with Crippen molar-refractivity contribution >= 4 is 16.7 Å². The lowest BCUT2D eigenvalue weighted by atomic mass is 10.1. The molecular formula is C18H21FN2O2. The lowest BCUT2D eigenvalue weighted by Crippen LogP contribution is -2.33. The molecule has 0 fully saturated rings. The molecule has 4 nitrogen and oxygen atoms in total. The fourth-order valence-electron chi connectivity index (χ4n) is 2.37. The fourth-order valence-corrected chi connectivity index (χ4v) is 2.37. The Morgan fingerprint density at radius 2 is 2.13 bits per heavy atom. The second kappa shape index (κ2) is 7.22. The Hall–Kier alpha value is -2.43. The number of nitrogens with one attached hydrogen (secondary N) is 1. The van der Waals surface area contributed by atoms with E-state index in [0.717, 1.165) is 6.42 Å². The molecule has 2 rings (SSSR count). The van der Waals surface area contributed by atoms with Gasteiger partial charge in [0.1, 0.15) is 11.5 Å². The fraction of sp³-hybridized carbons (Fsp3) is 0.333. The van der Waals surface area contributed by atoms with Crippen LogP contribution in [0, 0.1) is 11.7 Å². The molecule has 0 unspecified atom stereocenters. The number of aromatic nitrogens is 1. The summed E-state index contributed by atoms with van der Waals surface area (Å²) in [6.45, 7) is 8.38. The first-order chi connectivity index (χ1) is 10.9. The highest BCUT2D eigenvalue weighted by molar-refractivity contribution is 5.96. The molecule has 0 spiro atoms. The Kier molecular flexibility index (Phi) is 5.32. The molecule has 0 saturated carbocycles. The third kappa shape index (κ3) is 3.86. The SMILES string of the molecule is C=CCNC(=O)c1cc2ccc(F)cc2c(=O)n1CCC(C)C. The van der Waals surface area contributed by atoms with E-state index in [1.807, 2.05) is 13.8 Å². The van der Waals surface area contributed by atoms with Crippen LogP contribution in [-0.4, -0.2) is 17.0 Å². The molecule has 1 aromatic carbocycles. The molecule has 1 aromatic heterocycles. The van der Waals surface area contributed by atoms with Crippen LogP contribution in [0.15, 0.2) is 41.7 Å². The first-order valence-corrected chi connectivity index (χ1v) is 7.66. The maximum Gasteiger partial charge on any atom is 0.268 e. The van der Waals surface area contributed by atoms with Crippen LogP contribution in [0.4, 0.5) is 4.39 Å². The average Bonchev–Trinajstić information content (AvgIpc) is 2.51. The smallest absolute Gasteiger partial charge is 0.268 e. The molecule has 5 heteroatoms. The van der Waals surface area contributed by atoms with Gasteiger partial charge in [-0.1, -0.05) is 26.0 Å². The Labute approximate surface area is 134 Å². The molecule has 1 amide bonds. The van der Waals surface area contributed by atoms with E-state index in [1.165, 1.54) is 22.8 Å². The Bertz CT molecular complexity index is 793. The highest BCUT2D eigenvalue weighted by atomic mass is 19.1. The van der Waals surface area contributed by atoms with Crippen molar-refractivity contribution in [2.45, 2.75) is 26.8 Å². The molecule has 0 atom stereocenters. The van der Waals surface area contributed by atoms with Gasteiger partial charge < -0.3 is 9.88 Å². The molecule has 0 saturated heterocycles. The van der Waals surface area contributed by atoms with Crippen molar-refractivity contribution in [2.75, 3.05) is 6.54 Å². The van der Waals surface area contributed by atoms with Crippen molar-refractivity contribution < 1.29 is 9.18 Å². The van der Waals surface area contributed by atoms with E-state index in [2.05, 4.69) is 11.9 Å². The van der Waals surface area contributed by atoms with E-state index >= 15 is 0 Å². The third-order valence-electron chi connectivity index (χ3n) is 3.64. The van der Waals surface area contributed by atoms with Crippen LogP contribution in [0.3, 0.4) is 0 Å². The predicted octanol–water partition coefficient (Wildman–Crippen LogP) is 3.10. The number of pyridine rings is 1. The predicted molar refractivity (Wildman–Crippen MR) is 90.2 cm³/mol. The number of amides is 1. The highest BCUT2D eigenvalue weighted by Crippen LogP contribution is 2.15.